The van der Waals surface area contributed by atoms with Crippen LogP contribution in [0, 0.1) is 5.92 Å². The molecule has 0 aliphatic rings. The Kier molecular flexibility index (Phi) is 4.85. The van der Waals surface area contributed by atoms with Crippen molar-refractivity contribution in [3.8, 4) is 5.75 Å². The van der Waals surface area contributed by atoms with E-state index in [1.165, 1.54) is 18.2 Å². The van der Waals surface area contributed by atoms with Gasteiger partial charge in [-0.25, -0.2) is 0 Å². The first-order valence-electron chi connectivity index (χ1n) is 6.20. The van der Waals surface area contributed by atoms with Gasteiger partial charge in [0.1, 0.15) is 12.4 Å². The van der Waals surface area contributed by atoms with Gasteiger partial charge in [-0.3, -0.25) is 0 Å². The third kappa shape index (κ3) is 5.11. The third-order valence-electron chi connectivity index (χ3n) is 2.62. The quantitative estimate of drug-likeness (QED) is 0.886. The van der Waals surface area contributed by atoms with E-state index >= 15 is 0 Å². The fourth-order valence-electron chi connectivity index (χ4n) is 2.06. The maximum Gasteiger partial charge on any atom is 0.419 e. The average Bonchev–Trinajstić information content (AvgIpc) is 2.24. The molecule has 1 rings (SSSR count). The van der Waals surface area contributed by atoms with Gasteiger partial charge in [0.25, 0.3) is 0 Å². The Labute approximate surface area is 111 Å². The molecule has 2 nitrogen and oxygen atoms in total. The minimum atomic E-state index is -4.42. The molecule has 0 aromatic heterocycles. The Morgan fingerprint density at radius 2 is 1.79 bits per heavy atom. The van der Waals surface area contributed by atoms with Gasteiger partial charge in [0.2, 0.25) is 0 Å². The maximum absolute atomic E-state index is 12.8. The molecule has 0 amide bonds. The number of hydrogen-bond donors (Lipinski definition) is 1. The summed E-state index contributed by atoms with van der Waals surface area (Å²) in [6.07, 6.45) is -3.74. The van der Waals surface area contributed by atoms with Crippen LogP contribution in [0.2, 0.25) is 0 Å². The van der Waals surface area contributed by atoms with Crippen LogP contribution in [0.25, 0.3) is 0 Å². The summed E-state index contributed by atoms with van der Waals surface area (Å²) in [5, 5.41) is 0. The zero-order chi connectivity index (χ0) is 14.7. The van der Waals surface area contributed by atoms with E-state index in [0.29, 0.717) is 12.3 Å². The zero-order valence-corrected chi connectivity index (χ0v) is 11.4. The van der Waals surface area contributed by atoms with Crippen molar-refractivity contribution >= 4 is 0 Å². The molecule has 1 atom stereocenters. The minimum Gasteiger partial charge on any atom is -0.491 e. The van der Waals surface area contributed by atoms with Crippen LogP contribution >= 0.6 is 0 Å². The summed E-state index contributed by atoms with van der Waals surface area (Å²) in [7, 11) is 0. The molecule has 5 heteroatoms. The van der Waals surface area contributed by atoms with E-state index in [-0.39, 0.29) is 12.4 Å². The first-order valence-corrected chi connectivity index (χ1v) is 6.20. The van der Waals surface area contributed by atoms with Crippen molar-refractivity contribution < 1.29 is 17.9 Å². The number of alkyl halides is 3. The molecule has 1 aromatic carbocycles. The van der Waals surface area contributed by atoms with Crippen LogP contribution < -0.4 is 10.5 Å². The average molecular weight is 275 g/mol. The Bertz CT molecular complexity index is 413. The molecule has 0 unspecified atom stereocenters. The standard InChI is InChI=1S/C14H20F3NO/c1-10(2)8-13(3,18)9-19-12-7-5-4-6-11(12)14(15,16)17/h4-7,10H,8-9,18H2,1-3H3/t13-/m0/s1. The summed E-state index contributed by atoms with van der Waals surface area (Å²) in [5.74, 6) is 0.187. The third-order valence-corrected chi connectivity index (χ3v) is 2.62. The molecule has 19 heavy (non-hydrogen) atoms. The number of hydrogen-bond acceptors (Lipinski definition) is 2. The second-order valence-electron chi connectivity index (χ2n) is 5.53. The highest BCUT2D eigenvalue weighted by Gasteiger charge is 2.34. The summed E-state index contributed by atoms with van der Waals surface area (Å²) in [6.45, 7) is 5.85. The number of halogens is 3. The topological polar surface area (TPSA) is 35.2 Å². The molecule has 0 heterocycles. The second kappa shape index (κ2) is 5.82. The van der Waals surface area contributed by atoms with E-state index in [1.54, 1.807) is 6.92 Å². The van der Waals surface area contributed by atoms with Crippen LogP contribution in [0.1, 0.15) is 32.8 Å². The van der Waals surface area contributed by atoms with Gasteiger partial charge in [-0.15, -0.1) is 0 Å². The van der Waals surface area contributed by atoms with Crippen molar-refractivity contribution in [3.05, 3.63) is 29.8 Å². The molecule has 2 N–H and O–H groups in total. The number of para-hydroxylation sites is 1. The molecule has 0 bridgehead atoms. The summed E-state index contributed by atoms with van der Waals surface area (Å²) < 4.78 is 43.6. The Morgan fingerprint density at radius 1 is 1.21 bits per heavy atom. The van der Waals surface area contributed by atoms with Crippen LogP contribution in [-0.4, -0.2) is 12.1 Å². The number of ether oxygens (including phenoxy) is 1. The van der Waals surface area contributed by atoms with Crippen molar-refractivity contribution in [2.75, 3.05) is 6.61 Å². The summed E-state index contributed by atoms with van der Waals surface area (Å²) in [4.78, 5) is 0. The predicted molar refractivity (Wildman–Crippen MR) is 69.0 cm³/mol. The minimum absolute atomic E-state index is 0.0538. The lowest BCUT2D eigenvalue weighted by Gasteiger charge is -2.27. The van der Waals surface area contributed by atoms with Gasteiger partial charge >= 0.3 is 6.18 Å². The molecular weight excluding hydrogens is 255 g/mol. The molecule has 0 fully saturated rings. The van der Waals surface area contributed by atoms with Gasteiger partial charge in [0, 0.05) is 5.54 Å². The highest BCUT2D eigenvalue weighted by Crippen LogP contribution is 2.36. The van der Waals surface area contributed by atoms with Crippen molar-refractivity contribution in [3.63, 3.8) is 0 Å². The van der Waals surface area contributed by atoms with E-state index < -0.39 is 17.3 Å². The van der Waals surface area contributed by atoms with Gasteiger partial charge in [-0.05, 0) is 31.4 Å². The molecule has 0 aliphatic carbocycles. The van der Waals surface area contributed by atoms with Crippen molar-refractivity contribution in [1.29, 1.82) is 0 Å². The Morgan fingerprint density at radius 3 is 2.32 bits per heavy atom. The maximum atomic E-state index is 12.8. The smallest absolute Gasteiger partial charge is 0.419 e. The fraction of sp³-hybridized carbons (Fsp3) is 0.571. The number of rotatable bonds is 5. The number of benzene rings is 1. The fourth-order valence-corrected chi connectivity index (χ4v) is 2.06. The van der Waals surface area contributed by atoms with Crippen molar-refractivity contribution in [2.45, 2.75) is 38.9 Å². The van der Waals surface area contributed by atoms with Crippen molar-refractivity contribution in [2.24, 2.45) is 11.7 Å². The Hall–Kier alpha value is -1.23. The highest BCUT2D eigenvalue weighted by molar-refractivity contribution is 5.35. The van der Waals surface area contributed by atoms with Crippen molar-refractivity contribution in [1.82, 2.24) is 0 Å². The lowest BCUT2D eigenvalue weighted by molar-refractivity contribution is -0.139. The van der Waals surface area contributed by atoms with E-state index in [2.05, 4.69) is 0 Å². The molecule has 0 radical (unpaired) electrons. The first-order chi connectivity index (χ1) is 8.62. The highest BCUT2D eigenvalue weighted by atomic mass is 19.4. The number of nitrogens with two attached hydrogens (primary N) is 1. The SMILES string of the molecule is CC(C)C[C@](C)(N)COc1ccccc1C(F)(F)F. The molecule has 0 saturated heterocycles. The molecule has 0 saturated carbocycles. The lowest BCUT2D eigenvalue weighted by atomic mass is 9.93. The van der Waals surface area contributed by atoms with Gasteiger partial charge in [-0.2, -0.15) is 13.2 Å². The van der Waals surface area contributed by atoms with E-state index in [1.807, 2.05) is 13.8 Å². The molecule has 1 aromatic rings. The molecular formula is C14H20F3NO. The second-order valence-corrected chi connectivity index (χ2v) is 5.53. The van der Waals surface area contributed by atoms with Crippen LogP contribution in [0.4, 0.5) is 13.2 Å². The zero-order valence-electron chi connectivity index (χ0n) is 11.4. The van der Waals surface area contributed by atoms with Crippen LogP contribution in [0.3, 0.4) is 0 Å². The van der Waals surface area contributed by atoms with Crippen LogP contribution in [0.15, 0.2) is 24.3 Å². The van der Waals surface area contributed by atoms with Gasteiger partial charge in [0.05, 0.1) is 5.56 Å². The lowest BCUT2D eigenvalue weighted by Crippen LogP contribution is -2.43. The van der Waals surface area contributed by atoms with Gasteiger partial charge in [0.15, 0.2) is 0 Å². The van der Waals surface area contributed by atoms with E-state index in [0.717, 1.165) is 6.07 Å². The van der Waals surface area contributed by atoms with Gasteiger partial charge < -0.3 is 10.5 Å². The predicted octanol–water partition coefficient (Wildman–Crippen LogP) is 3.85. The Balaban J connectivity index is 2.79. The monoisotopic (exact) mass is 275 g/mol. The van der Waals surface area contributed by atoms with Crippen LogP contribution in [-0.2, 0) is 6.18 Å². The molecule has 108 valence electrons. The van der Waals surface area contributed by atoms with E-state index in [9.17, 15) is 13.2 Å². The largest absolute Gasteiger partial charge is 0.491 e. The summed E-state index contributed by atoms with van der Waals surface area (Å²) in [5.41, 5.74) is 4.60. The molecule has 0 spiro atoms. The first kappa shape index (κ1) is 15.8. The van der Waals surface area contributed by atoms with E-state index in [4.69, 9.17) is 10.5 Å². The van der Waals surface area contributed by atoms with Gasteiger partial charge in [-0.1, -0.05) is 26.0 Å². The summed E-state index contributed by atoms with van der Waals surface area (Å²) in [6, 6.07) is 5.17. The summed E-state index contributed by atoms with van der Waals surface area (Å²) >= 11 is 0. The normalized spacial score (nSPS) is 15.4. The van der Waals surface area contributed by atoms with Crippen LogP contribution in [0.5, 0.6) is 5.75 Å². The molecule has 0 aliphatic heterocycles.